The summed E-state index contributed by atoms with van der Waals surface area (Å²) >= 11 is 0. The second-order valence-corrected chi connectivity index (χ2v) is 4.32. The van der Waals surface area contributed by atoms with Crippen molar-refractivity contribution >= 4 is 10.2 Å². The molecule has 0 fully saturated rings. The van der Waals surface area contributed by atoms with Crippen LogP contribution < -0.4 is 0 Å². The van der Waals surface area contributed by atoms with Gasteiger partial charge in [0, 0.05) is 5.56 Å². The largest absolute Gasteiger partial charge is 0.302 e. The molecule has 0 heterocycles. The maximum Gasteiger partial charge on any atom is 0.302 e. The third-order valence-corrected chi connectivity index (χ3v) is 2.45. The van der Waals surface area contributed by atoms with E-state index in [4.69, 9.17) is 6.42 Å². The van der Waals surface area contributed by atoms with Crippen LogP contribution in [0.2, 0.25) is 0 Å². The van der Waals surface area contributed by atoms with Crippen LogP contribution in [0.5, 0.6) is 0 Å². The van der Waals surface area contributed by atoms with Gasteiger partial charge in [-0.2, -0.15) is 8.42 Å². The van der Waals surface area contributed by atoms with E-state index in [1.807, 2.05) is 0 Å². The van der Waals surface area contributed by atoms with Gasteiger partial charge < -0.3 is 0 Å². The molecule has 0 bridgehead atoms. The van der Waals surface area contributed by atoms with Crippen molar-refractivity contribution in [2.45, 2.75) is 6.42 Å². The van der Waals surface area contributed by atoms with Crippen molar-refractivity contribution in [2.24, 2.45) is 0 Å². The number of terminal acetylenes is 1. The van der Waals surface area contributed by atoms with Crippen molar-refractivity contribution in [3.05, 3.63) is 35.4 Å². The maximum atomic E-state index is 12.2. The first kappa shape index (κ1) is 10.7. The lowest BCUT2D eigenvalue weighted by Gasteiger charge is -1.98. The SMILES string of the molecule is C#Cc1ccc(CCS(=O)(=O)F)cc1. The highest BCUT2D eigenvalue weighted by Crippen LogP contribution is 2.05. The molecule has 2 nitrogen and oxygen atoms in total. The van der Waals surface area contributed by atoms with Gasteiger partial charge in [0.15, 0.2) is 0 Å². The molecule has 0 atom stereocenters. The molecule has 0 saturated carbocycles. The van der Waals surface area contributed by atoms with Crippen molar-refractivity contribution < 1.29 is 12.3 Å². The molecule has 1 aromatic rings. The zero-order chi connectivity index (χ0) is 10.6. The number of benzene rings is 1. The first-order valence-corrected chi connectivity index (χ1v) is 5.54. The Balaban J connectivity index is 2.67. The summed E-state index contributed by atoms with van der Waals surface area (Å²) in [4.78, 5) is 0. The Labute approximate surface area is 83.0 Å². The van der Waals surface area contributed by atoms with E-state index in [2.05, 4.69) is 5.92 Å². The second-order valence-electron chi connectivity index (χ2n) is 2.83. The molecule has 0 saturated heterocycles. The van der Waals surface area contributed by atoms with E-state index in [0.29, 0.717) is 0 Å². The third kappa shape index (κ3) is 3.58. The Morgan fingerprint density at radius 1 is 1.29 bits per heavy atom. The van der Waals surface area contributed by atoms with E-state index in [1.54, 1.807) is 24.3 Å². The smallest absolute Gasteiger partial charge is 0.195 e. The van der Waals surface area contributed by atoms with Gasteiger partial charge in [-0.1, -0.05) is 18.1 Å². The average molecular weight is 212 g/mol. The van der Waals surface area contributed by atoms with Crippen molar-refractivity contribution in [2.75, 3.05) is 5.75 Å². The van der Waals surface area contributed by atoms with Gasteiger partial charge in [-0.3, -0.25) is 0 Å². The van der Waals surface area contributed by atoms with Gasteiger partial charge in [0.25, 0.3) is 0 Å². The van der Waals surface area contributed by atoms with Gasteiger partial charge in [-0.05, 0) is 24.1 Å². The molecule has 74 valence electrons. The fourth-order valence-electron chi connectivity index (χ4n) is 1.01. The lowest BCUT2D eigenvalue weighted by molar-refractivity contribution is 0.551. The van der Waals surface area contributed by atoms with Crippen molar-refractivity contribution in [3.63, 3.8) is 0 Å². The maximum absolute atomic E-state index is 12.2. The van der Waals surface area contributed by atoms with E-state index in [1.165, 1.54) is 0 Å². The van der Waals surface area contributed by atoms with E-state index < -0.39 is 16.0 Å². The van der Waals surface area contributed by atoms with Crippen LogP contribution in [0.1, 0.15) is 11.1 Å². The highest BCUT2D eigenvalue weighted by molar-refractivity contribution is 7.86. The molecule has 0 N–H and O–H groups in total. The third-order valence-electron chi connectivity index (χ3n) is 1.76. The van der Waals surface area contributed by atoms with Gasteiger partial charge in [0.1, 0.15) is 0 Å². The minimum Gasteiger partial charge on any atom is -0.195 e. The first-order chi connectivity index (χ1) is 6.51. The minimum absolute atomic E-state index is 0.170. The lowest BCUT2D eigenvalue weighted by Crippen LogP contribution is -2.01. The molecule has 0 spiro atoms. The molecule has 0 amide bonds. The van der Waals surface area contributed by atoms with Crippen LogP contribution in [0.15, 0.2) is 24.3 Å². The predicted molar refractivity (Wildman–Crippen MR) is 53.0 cm³/mol. The van der Waals surface area contributed by atoms with Crippen LogP contribution in [-0.2, 0) is 16.6 Å². The molecule has 1 rings (SSSR count). The normalized spacial score (nSPS) is 10.9. The quantitative estimate of drug-likeness (QED) is 0.562. The molecule has 4 heteroatoms. The van der Waals surface area contributed by atoms with E-state index in [-0.39, 0.29) is 6.42 Å². The Kier molecular flexibility index (Phi) is 3.26. The van der Waals surface area contributed by atoms with Gasteiger partial charge in [0.05, 0.1) is 5.75 Å². The summed E-state index contributed by atoms with van der Waals surface area (Å²) in [6.45, 7) is 0. The summed E-state index contributed by atoms with van der Waals surface area (Å²) in [6, 6.07) is 6.78. The number of hydrogen-bond acceptors (Lipinski definition) is 2. The zero-order valence-electron chi connectivity index (χ0n) is 7.40. The van der Waals surface area contributed by atoms with E-state index in [0.717, 1.165) is 11.1 Å². The summed E-state index contributed by atoms with van der Waals surface area (Å²) in [5.74, 6) is 1.95. The summed E-state index contributed by atoms with van der Waals surface area (Å²) in [6.07, 6.45) is 5.31. The first-order valence-electron chi connectivity index (χ1n) is 3.99. The van der Waals surface area contributed by atoms with Gasteiger partial charge in [-0.15, -0.1) is 10.3 Å². The summed E-state index contributed by atoms with van der Waals surface area (Å²) in [7, 11) is -4.38. The Bertz CT molecular complexity index is 440. The molecular formula is C10H9FO2S. The van der Waals surface area contributed by atoms with Crippen LogP contribution in [0.25, 0.3) is 0 Å². The fourth-order valence-corrected chi connectivity index (χ4v) is 1.49. The van der Waals surface area contributed by atoms with E-state index >= 15 is 0 Å². The minimum atomic E-state index is -4.38. The van der Waals surface area contributed by atoms with Gasteiger partial charge in [-0.25, -0.2) is 0 Å². The van der Waals surface area contributed by atoms with Crippen molar-refractivity contribution in [3.8, 4) is 12.3 Å². The molecule has 0 unspecified atom stereocenters. The van der Waals surface area contributed by atoms with Gasteiger partial charge >= 0.3 is 10.2 Å². The van der Waals surface area contributed by atoms with Crippen LogP contribution >= 0.6 is 0 Å². The number of rotatable bonds is 3. The molecule has 0 aliphatic rings. The summed E-state index contributed by atoms with van der Waals surface area (Å²) < 4.78 is 32.6. The standard InChI is InChI=1S/C10H9FO2S/c1-2-9-3-5-10(6-4-9)7-8-14(11,12)13/h1,3-6H,7-8H2. The molecule has 0 aromatic heterocycles. The summed E-state index contributed by atoms with van der Waals surface area (Å²) in [5, 5.41) is 0. The van der Waals surface area contributed by atoms with Crippen LogP contribution in [-0.4, -0.2) is 14.2 Å². The number of halogens is 1. The monoisotopic (exact) mass is 212 g/mol. The topological polar surface area (TPSA) is 34.1 Å². The Hall–Kier alpha value is -1.34. The van der Waals surface area contributed by atoms with Crippen molar-refractivity contribution in [1.29, 1.82) is 0 Å². The molecule has 0 aliphatic carbocycles. The highest BCUT2D eigenvalue weighted by atomic mass is 32.3. The Morgan fingerprint density at radius 2 is 1.86 bits per heavy atom. The fraction of sp³-hybridized carbons (Fsp3) is 0.200. The van der Waals surface area contributed by atoms with Crippen LogP contribution in [0.4, 0.5) is 3.89 Å². The van der Waals surface area contributed by atoms with Gasteiger partial charge in [0.2, 0.25) is 0 Å². The number of hydrogen-bond donors (Lipinski definition) is 0. The molecule has 1 aromatic carbocycles. The molecule has 0 radical (unpaired) electrons. The van der Waals surface area contributed by atoms with Crippen LogP contribution in [0.3, 0.4) is 0 Å². The lowest BCUT2D eigenvalue weighted by atomic mass is 10.1. The Morgan fingerprint density at radius 3 is 2.29 bits per heavy atom. The average Bonchev–Trinajstić information content (AvgIpc) is 2.14. The zero-order valence-corrected chi connectivity index (χ0v) is 8.22. The van der Waals surface area contributed by atoms with E-state index in [9.17, 15) is 12.3 Å². The molecule has 0 aliphatic heterocycles. The summed E-state index contributed by atoms with van der Waals surface area (Å²) in [5.41, 5.74) is 1.47. The highest BCUT2D eigenvalue weighted by Gasteiger charge is 2.06. The molecule has 14 heavy (non-hydrogen) atoms. The van der Waals surface area contributed by atoms with Crippen molar-refractivity contribution in [1.82, 2.24) is 0 Å². The number of aryl methyl sites for hydroxylation is 1. The van der Waals surface area contributed by atoms with Crippen LogP contribution in [0, 0.1) is 12.3 Å². The predicted octanol–water partition coefficient (Wildman–Crippen LogP) is 1.51. The second kappa shape index (κ2) is 4.25. The molecular weight excluding hydrogens is 203 g/mol.